The summed E-state index contributed by atoms with van der Waals surface area (Å²) in [6.45, 7) is 13.2. The second-order valence-corrected chi connectivity index (χ2v) is 7.95. The molecule has 5 nitrogen and oxygen atoms in total. The number of benzene rings is 1. The molecule has 0 amide bonds. The second kappa shape index (κ2) is 9.93. The van der Waals surface area contributed by atoms with Crippen LogP contribution in [0.25, 0.3) is 0 Å². The summed E-state index contributed by atoms with van der Waals surface area (Å²) in [5.74, 6) is 0.865. The number of rotatable bonds is 7. The van der Waals surface area contributed by atoms with Gasteiger partial charge in [0.05, 0.1) is 12.2 Å². The molecule has 0 radical (unpaired) electrons. The smallest absolute Gasteiger partial charge is 0.191 e. The first kappa shape index (κ1) is 20.7. The van der Waals surface area contributed by atoms with Crippen molar-refractivity contribution in [1.29, 1.82) is 0 Å². The number of nitrogens with one attached hydrogen (secondary N) is 2. The summed E-state index contributed by atoms with van der Waals surface area (Å²) in [5, 5.41) is 6.90. The van der Waals surface area contributed by atoms with Gasteiger partial charge in [0, 0.05) is 26.2 Å². The number of guanidine groups is 1. The van der Waals surface area contributed by atoms with Crippen LogP contribution in [0.1, 0.15) is 51.7 Å². The topological polar surface area (TPSA) is 48.9 Å². The fourth-order valence-electron chi connectivity index (χ4n) is 3.29. The minimum atomic E-state index is -0.118. The molecule has 26 heavy (non-hydrogen) atoms. The van der Waals surface area contributed by atoms with Gasteiger partial charge in [-0.2, -0.15) is 0 Å². The highest BCUT2D eigenvalue weighted by Gasteiger charge is 2.22. The van der Waals surface area contributed by atoms with Crippen molar-refractivity contribution in [3.63, 3.8) is 0 Å². The summed E-state index contributed by atoms with van der Waals surface area (Å²) < 4.78 is 5.87. The third-order valence-electron chi connectivity index (χ3n) is 4.76. The molecular weight excluding hydrogens is 324 g/mol. The Morgan fingerprint density at radius 1 is 1.27 bits per heavy atom. The lowest BCUT2D eigenvalue weighted by molar-refractivity contribution is -0.0149. The van der Waals surface area contributed by atoms with E-state index in [2.05, 4.69) is 72.5 Å². The molecule has 0 bridgehead atoms. The van der Waals surface area contributed by atoms with Gasteiger partial charge in [-0.3, -0.25) is 9.89 Å². The van der Waals surface area contributed by atoms with Crippen molar-refractivity contribution in [3.8, 4) is 0 Å². The number of nitrogens with zero attached hydrogens (tertiary/aromatic N) is 2. The summed E-state index contributed by atoms with van der Waals surface area (Å²) in [4.78, 5) is 6.90. The Balaban J connectivity index is 1.80. The molecule has 1 unspecified atom stereocenters. The van der Waals surface area contributed by atoms with Gasteiger partial charge in [-0.25, -0.2) is 0 Å². The monoisotopic (exact) mass is 360 g/mol. The van der Waals surface area contributed by atoms with E-state index in [0.29, 0.717) is 12.6 Å². The molecule has 1 aliphatic heterocycles. The molecule has 0 aromatic heterocycles. The zero-order valence-electron chi connectivity index (χ0n) is 17.1. The van der Waals surface area contributed by atoms with Gasteiger partial charge in [-0.1, -0.05) is 31.2 Å². The Bertz CT molecular complexity index is 580. The molecule has 1 aromatic rings. The minimum absolute atomic E-state index is 0.118. The van der Waals surface area contributed by atoms with Crippen LogP contribution in [0, 0.1) is 0 Å². The highest BCUT2D eigenvalue weighted by molar-refractivity contribution is 5.79. The van der Waals surface area contributed by atoms with E-state index >= 15 is 0 Å². The second-order valence-electron chi connectivity index (χ2n) is 7.95. The fraction of sp³-hybridized carbons (Fsp3) is 0.667. The van der Waals surface area contributed by atoms with E-state index in [0.717, 1.165) is 25.6 Å². The van der Waals surface area contributed by atoms with Crippen molar-refractivity contribution in [2.75, 3.05) is 26.7 Å². The number of hydrogen-bond donors (Lipinski definition) is 2. The molecule has 2 rings (SSSR count). The zero-order valence-corrected chi connectivity index (χ0v) is 17.1. The third-order valence-corrected chi connectivity index (χ3v) is 4.76. The van der Waals surface area contributed by atoms with Gasteiger partial charge in [0.25, 0.3) is 0 Å². The number of likely N-dealkylation sites (tertiary alicyclic amines) is 1. The maximum absolute atomic E-state index is 5.87. The average molecular weight is 361 g/mol. The minimum Gasteiger partial charge on any atom is -0.371 e. The molecule has 1 atom stereocenters. The lowest BCUT2D eigenvalue weighted by Gasteiger charge is -2.24. The molecule has 1 fully saturated rings. The van der Waals surface area contributed by atoms with Gasteiger partial charge < -0.3 is 15.4 Å². The fourth-order valence-corrected chi connectivity index (χ4v) is 3.29. The predicted octanol–water partition coefficient (Wildman–Crippen LogP) is 3.15. The maximum atomic E-state index is 5.87. The quantitative estimate of drug-likeness (QED) is 0.579. The van der Waals surface area contributed by atoms with E-state index < -0.39 is 0 Å². The van der Waals surface area contributed by atoms with Crippen LogP contribution in [0.2, 0.25) is 0 Å². The van der Waals surface area contributed by atoms with Crippen LogP contribution in [-0.2, 0) is 17.9 Å². The molecule has 1 heterocycles. The number of aliphatic imine (C=N–C) groups is 1. The van der Waals surface area contributed by atoms with Crippen LogP contribution in [0.15, 0.2) is 29.3 Å². The number of ether oxygens (including phenoxy) is 1. The van der Waals surface area contributed by atoms with Crippen molar-refractivity contribution < 1.29 is 4.74 Å². The molecule has 5 heteroatoms. The first-order valence-electron chi connectivity index (χ1n) is 9.81. The summed E-state index contributed by atoms with van der Waals surface area (Å²) in [7, 11) is 1.83. The van der Waals surface area contributed by atoms with Crippen LogP contribution in [0.3, 0.4) is 0 Å². The lowest BCUT2D eigenvalue weighted by Crippen LogP contribution is -2.44. The highest BCUT2D eigenvalue weighted by Crippen LogP contribution is 2.15. The van der Waals surface area contributed by atoms with Crippen LogP contribution in [0.4, 0.5) is 0 Å². The van der Waals surface area contributed by atoms with Gasteiger partial charge >= 0.3 is 0 Å². The van der Waals surface area contributed by atoms with Crippen LogP contribution in [0.5, 0.6) is 0 Å². The van der Waals surface area contributed by atoms with E-state index in [4.69, 9.17) is 4.74 Å². The van der Waals surface area contributed by atoms with Gasteiger partial charge in [-0.05, 0) is 57.8 Å². The van der Waals surface area contributed by atoms with Gasteiger partial charge in [0.15, 0.2) is 5.96 Å². The number of likely N-dealkylation sites (N-methyl/N-ethyl adjacent to an activating group) is 1. The van der Waals surface area contributed by atoms with E-state index in [1.165, 1.54) is 30.5 Å². The van der Waals surface area contributed by atoms with Gasteiger partial charge in [0.1, 0.15) is 0 Å². The molecular formula is C21H36N4O. The van der Waals surface area contributed by atoms with Crippen molar-refractivity contribution in [2.24, 2.45) is 4.99 Å². The van der Waals surface area contributed by atoms with Crippen molar-refractivity contribution in [2.45, 2.75) is 65.3 Å². The van der Waals surface area contributed by atoms with Crippen LogP contribution < -0.4 is 10.6 Å². The zero-order chi connectivity index (χ0) is 19.0. The molecule has 2 N–H and O–H groups in total. The van der Waals surface area contributed by atoms with E-state index in [-0.39, 0.29) is 5.60 Å². The average Bonchev–Trinajstić information content (AvgIpc) is 3.07. The standard InChI is InChI=1S/C21H36N4O/c1-6-25-12-8-11-19(25)15-24-20(22-5)23-14-17-9-7-10-18(13-17)16-26-21(2,3)4/h7,9-10,13,19H,6,8,11-12,14-16H2,1-5H3,(H2,22,23,24). The maximum Gasteiger partial charge on any atom is 0.191 e. The molecule has 0 spiro atoms. The number of hydrogen-bond acceptors (Lipinski definition) is 3. The molecule has 0 aliphatic carbocycles. The molecule has 0 saturated carbocycles. The van der Waals surface area contributed by atoms with Crippen LogP contribution >= 0.6 is 0 Å². The molecule has 1 aliphatic rings. The molecule has 1 saturated heterocycles. The van der Waals surface area contributed by atoms with E-state index in [9.17, 15) is 0 Å². The first-order chi connectivity index (χ1) is 12.4. The SMILES string of the molecule is CCN1CCCC1CNC(=NC)NCc1cccc(COC(C)(C)C)c1. The Morgan fingerprint density at radius 2 is 2.04 bits per heavy atom. The largest absolute Gasteiger partial charge is 0.371 e. The first-order valence-corrected chi connectivity index (χ1v) is 9.81. The molecule has 1 aromatic carbocycles. The van der Waals surface area contributed by atoms with E-state index in [1.807, 2.05) is 7.05 Å². The molecule has 146 valence electrons. The summed E-state index contributed by atoms with van der Waals surface area (Å²) >= 11 is 0. The lowest BCUT2D eigenvalue weighted by atomic mass is 10.1. The predicted molar refractivity (Wildman–Crippen MR) is 109 cm³/mol. The third kappa shape index (κ3) is 6.96. The Morgan fingerprint density at radius 3 is 2.73 bits per heavy atom. The van der Waals surface area contributed by atoms with Crippen molar-refractivity contribution >= 4 is 5.96 Å². The van der Waals surface area contributed by atoms with Crippen molar-refractivity contribution in [1.82, 2.24) is 15.5 Å². The normalized spacial score (nSPS) is 19.0. The van der Waals surface area contributed by atoms with Gasteiger partial charge in [0.2, 0.25) is 0 Å². The Labute approximate surface area is 159 Å². The van der Waals surface area contributed by atoms with Crippen LogP contribution in [-0.4, -0.2) is 49.2 Å². The van der Waals surface area contributed by atoms with Crippen molar-refractivity contribution in [3.05, 3.63) is 35.4 Å². The van der Waals surface area contributed by atoms with Gasteiger partial charge in [-0.15, -0.1) is 0 Å². The summed E-state index contributed by atoms with van der Waals surface area (Å²) in [5.41, 5.74) is 2.32. The Hall–Kier alpha value is -1.59. The Kier molecular flexibility index (Phi) is 7.91. The van der Waals surface area contributed by atoms with E-state index in [1.54, 1.807) is 0 Å². The highest BCUT2D eigenvalue weighted by atomic mass is 16.5. The summed E-state index contributed by atoms with van der Waals surface area (Å²) in [6.07, 6.45) is 2.57. The summed E-state index contributed by atoms with van der Waals surface area (Å²) in [6, 6.07) is 9.16.